The van der Waals surface area contributed by atoms with E-state index in [2.05, 4.69) is 5.32 Å². The summed E-state index contributed by atoms with van der Waals surface area (Å²) in [5, 5.41) is 14.1. The number of nitrogens with one attached hydrogen (secondary N) is 1. The number of rotatable bonds is 5. The second kappa shape index (κ2) is 10.3. The summed E-state index contributed by atoms with van der Waals surface area (Å²) in [7, 11) is 0. The molecule has 1 aliphatic carbocycles. The molecule has 1 unspecified atom stereocenters. The molecule has 16 heteroatoms. The van der Waals surface area contributed by atoms with E-state index >= 15 is 0 Å². The maximum Gasteiger partial charge on any atom is 0.350 e. The first-order valence-corrected chi connectivity index (χ1v) is 12.5. The molecular weight excluding hydrogens is 577 g/mol. The molecule has 0 aromatic heterocycles. The third-order valence-corrected chi connectivity index (χ3v) is 7.07. The topological polar surface area (TPSA) is 173 Å². The Morgan fingerprint density at radius 3 is 1.95 bits per heavy atom. The molecule has 8 atom stereocenters. The van der Waals surface area contributed by atoms with Crippen molar-refractivity contribution >= 4 is 64.6 Å². The Balaban J connectivity index is 2.40. The molecule has 3 fully saturated rings. The van der Waals surface area contributed by atoms with Crippen molar-refractivity contribution < 1.29 is 57.5 Å². The molecule has 3 rings (SSSR count). The number of aliphatic hydroxyl groups is 1. The standard InChI is InChI=1S/C22H28Cl3NO12/c1-8(27)34-14-15(35-9(2)28)21(26-18(31)22(23,24)25)12(11-7-33-19(4,5)38-11)13(20(14,6)32)37-17(30)16(21)36-10(3)29/h11-16,32H,7H2,1-6H3,(H,26,31)/t11-,12+,13-,14?,15+,16-,20+,21-/m1/s1. The molecule has 2 bridgehead atoms. The normalized spacial score (nSPS) is 38.0. The molecule has 2 N–H and O–H groups in total. The predicted molar refractivity (Wildman–Crippen MR) is 127 cm³/mol. The van der Waals surface area contributed by atoms with Gasteiger partial charge in [0, 0.05) is 20.8 Å². The second-order valence-electron chi connectivity index (χ2n) is 9.91. The van der Waals surface area contributed by atoms with E-state index in [0.717, 1.165) is 20.8 Å². The van der Waals surface area contributed by atoms with E-state index < -0.39 is 86.9 Å². The van der Waals surface area contributed by atoms with Crippen molar-refractivity contribution in [1.82, 2.24) is 5.32 Å². The molecule has 3 aliphatic rings. The van der Waals surface area contributed by atoms with Crippen LogP contribution < -0.4 is 5.32 Å². The summed E-state index contributed by atoms with van der Waals surface area (Å²) in [6, 6.07) is 0. The quantitative estimate of drug-likeness (QED) is 0.253. The van der Waals surface area contributed by atoms with E-state index in [0.29, 0.717) is 0 Å². The van der Waals surface area contributed by atoms with Crippen molar-refractivity contribution in [2.24, 2.45) is 5.92 Å². The van der Waals surface area contributed by atoms with Crippen LogP contribution in [0.4, 0.5) is 0 Å². The van der Waals surface area contributed by atoms with Crippen LogP contribution in [0.15, 0.2) is 0 Å². The molecule has 0 radical (unpaired) electrons. The van der Waals surface area contributed by atoms with E-state index in [1.807, 2.05) is 0 Å². The fraction of sp³-hybridized carbons (Fsp3) is 0.773. The number of carbonyl (C=O) groups excluding carboxylic acids is 5. The molecule has 0 aromatic rings. The minimum Gasteiger partial charge on any atom is -0.456 e. The average molecular weight is 605 g/mol. The van der Waals surface area contributed by atoms with Gasteiger partial charge in [0.05, 0.1) is 18.6 Å². The lowest BCUT2D eigenvalue weighted by Crippen LogP contribution is -2.87. The summed E-state index contributed by atoms with van der Waals surface area (Å²) >= 11 is 17.5. The van der Waals surface area contributed by atoms with Gasteiger partial charge in [0.1, 0.15) is 17.2 Å². The Hall–Kier alpha value is -1.90. The Morgan fingerprint density at radius 1 is 0.974 bits per heavy atom. The van der Waals surface area contributed by atoms with E-state index in [1.54, 1.807) is 13.8 Å². The Morgan fingerprint density at radius 2 is 1.50 bits per heavy atom. The molecule has 2 aliphatic heterocycles. The zero-order chi connectivity index (χ0) is 29.0. The number of alkyl halides is 3. The van der Waals surface area contributed by atoms with Crippen LogP contribution in [0.5, 0.6) is 0 Å². The molecule has 2 heterocycles. The van der Waals surface area contributed by atoms with Crippen LogP contribution in [-0.4, -0.2) is 92.7 Å². The Labute approximate surface area is 232 Å². The van der Waals surface area contributed by atoms with Gasteiger partial charge >= 0.3 is 23.9 Å². The maximum absolute atomic E-state index is 13.3. The average Bonchev–Trinajstić information content (AvgIpc) is 3.09. The molecule has 2 saturated heterocycles. The van der Waals surface area contributed by atoms with Gasteiger partial charge in [-0.15, -0.1) is 0 Å². The fourth-order valence-corrected chi connectivity index (χ4v) is 5.45. The van der Waals surface area contributed by atoms with E-state index in [-0.39, 0.29) is 6.61 Å². The smallest absolute Gasteiger partial charge is 0.350 e. The number of hydrogen-bond donors (Lipinski definition) is 2. The monoisotopic (exact) mass is 603 g/mol. The van der Waals surface area contributed by atoms with Crippen molar-refractivity contribution in [3.8, 4) is 0 Å². The lowest BCUT2D eigenvalue weighted by atomic mass is 9.56. The molecular formula is C22H28Cl3NO12. The first kappa shape index (κ1) is 30.6. The van der Waals surface area contributed by atoms with Gasteiger partial charge in [0.15, 0.2) is 18.0 Å². The Bertz CT molecular complexity index is 1030. The van der Waals surface area contributed by atoms with Gasteiger partial charge in [-0.05, 0) is 20.8 Å². The number of hydrogen-bond acceptors (Lipinski definition) is 12. The van der Waals surface area contributed by atoms with Crippen LogP contribution in [0.3, 0.4) is 0 Å². The largest absolute Gasteiger partial charge is 0.456 e. The van der Waals surface area contributed by atoms with Gasteiger partial charge in [-0.1, -0.05) is 34.8 Å². The van der Waals surface area contributed by atoms with Crippen LogP contribution in [0.1, 0.15) is 41.5 Å². The maximum atomic E-state index is 13.3. The molecule has 0 spiro atoms. The summed E-state index contributed by atoms with van der Waals surface area (Å²) in [6.07, 6.45) is -8.46. The van der Waals surface area contributed by atoms with Gasteiger partial charge < -0.3 is 38.8 Å². The first-order chi connectivity index (χ1) is 17.2. The third kappa shape index (κ3) is 5.54. The molecule has 13 nitrogen and oxygen atoms in total. The van der Waals surface area contributed by atoms with Crippen LogP contribution in [0.2, 0.25) is 0 Å². The van der Waals surface area contributed by atoms with E-state index in [1.165, 1.54) is 6.92 Å². The lowest BCUT2D eigenvalue weighted by molar-refractivity contribution is -0.307. The molecule has 1 saturated carbocycles. The van der Waals surface area contributed by atoms with Crippen molar-refractivity contribution in [3.05, 3.63) is 0 Å². The van der Waals surface area contributed by atoms with Crippen molar-refractivity contribution in [1.29, 1.82) is 0 Å². The van der Waals surface area contributed by atoms with Crippen LogP contribution in [-0.2, 0) is 52.4 Å². The highest BCUT2D eigenvalue weighted by Crippen LogP contribution is 2.53. The minimum atomic E-state index is -2.64. The summed E-state index contributed by atoms with van der Waals surface area (Å²) < 4.78 is 30.8. The van der Waals surface area contributed by atoms with Gasteiger partial charge in [0.2, 0.25) is 6.10 Å². The summed E-state index contributed by atoms with van der Waals surface area (Å²) in [5.41, 5.74) is -4.62. The van der Waals surface area contributed by atoms with Crippen molar-refractivity contribution in [3.63, 3.8) is 0 Å². The highest BCUT2D eigenvalue weighted by atomic mass is 35.6. The van der Waals surface area contributed by atoms with Crippen molar-refractivity contribution in [2.45, 2.75) is 92.8 Å². The number of halogens is 3. The molecule has 38 heavy (non-hydrogen) atoms. The van der Waals surface area contributed by atoms with Crippen LogP contribution in [0, 0.1) is 5.92 Å². The van der Waals surface area contributed by atoms with Crippen LogP contribution in [0.25, 0.3) is 0 Å². The van der Waals surface area contributed by atoms with Crippen LogP contribution >= 0.6 is 34.8 Å². The number of amides is 1. The predicted octanol–water partition coefficient (Wildman–Crippen LogP) is 0.464. The first-order valence-electron chi connectivity index (χ1n) is 11.4. The summed E-state index contributed by atoms with van der Waals surface area (Å²) in [4.78, 5) is 63.2. The van der Waals surface area contributed by atoms with Gasteiger partial charge in [-0.2, -0.15) is 0 Å². The number of fused-ring (bicyclic) bond motifs is 2. The number of carbonyl (C=O) groups is 5. The highest BCUT2D eigenvalue weighted by molar-refractivity contribution is 6.76. The van der Waals surface area contributed by atoms with E-state index in [9.17, 15) is 29.1 Å². The minimum absolute atomic E-state index is 0.176. The van der Waals surface area contributed by atoms with Gasteiger partial charge in [-0.3, -0.25) is 19.2 Å². The summed E-state index contributed by atoms with van der Waals surface area (Å²) in [6.45, 7) is 7.14. The SMILES string of the molecule is CC(=O)OC1[C@H](OC(C)=O)[C@]2(NC(=O)C(Cl)(Cl)Cl)[C@@H]([C@H]3COC(C)(C)O3)[C@@H](OC(=O)[C@H]2OC(C)=O)[C@]1(C)O. The van der Waals surface area contributed by atoms with Crippen molar-refractivity contribution in [2.75, 3.05) is 6.61 Å². The zero-order valence-corrected chi connectivity index (χ0v) is 23.5. The third-order valence-electron chi connectivity index (χ3n) is 6.55. The number of ether oxygens (including phenoxy) is 6. The van der Waals surface area contributed by atoms with E-state index in [4.69, 9.17) is 63.2 Å². The summed E-state index contributed by atoms with van der Waals surface area (Å²) in [5.74, 6) is -8.03. The number of esters is 4. The second-order valence-corrected chi connectivity index (χ2v) is 12.2. The molecule has 1 amide bonds. The van der Waals surface area contributed by atoms with Gasteiger partial charge in [-0.25, -0.2) is 4.79 Å². The lowest BCUT2D eigenvalue weighted by Gasteiger charge is -2.62. The Kier molecular flexibility index (Phi) is 8.27. The zero-order valence-electron chi connectivity index (χ0n) is 21.2. The molecule has 214 valence electrons. The highest BCUT2D eigenvalue weighted by Gasteiger charge is 2.78. The molecule has 0 aromatic carbocycles. The van der Waals surface area contributed by atoms with Gasteiger partial charge in [0.25, 0.3) is 9.70 Å². The fourth-order valence-electron chi connectivity index (χ4n) is 5.31.